The summed E-state index contributed by atoms with van der Waals surface area (Å²) in [6, 6.07) is 11.9. The predicted molar refractivity (Wildman–Crippen MR) is 113 cm³/mol. The molecule has 0 spiro atoms. The van der Waals surface area contributed by atoms with E-state index in [1.165, 1.54) is 18.5 Å². The highest BCUT2D eigenvalue weighted by molar-refractivity contribution is 6.03. The summed E-state index contributed by atoms with van der Waals surface area (Å²) in [5.74, 6) is -0.173. The first-order chi connectivity index (χ1) is 13.2. The van der Waals surface area contributed by atoms with Gasteiger partial charge in [-0.15, -0.1) is 0 Å². The topological polar surface area (TPSA) is 48.5 Å². The molecule has 0 atom stereocenters. The molecule has 0 unspecified atom stereocenters. The van der Waals surface area contributed by atoms with Crippen molar-refractivity contribution in [3.8, 4) is 0 Å². The zero-order chi connectivity index (χ0) is 19.1. The minimum Gasteiger partial charge on any atom is -0.372 e. The van der Waals surface area contributed by atoms with Crippen LogP contribution >= 0.6 is 0 Å². The minimum absolute atomic E-state index is 0.173. The van der Waals surface area contributed by atoms with E-state index >= 15 is 0 Å². The molecule has 1 aliphatic rings. The van der Waals surface area contributed by atoms with E-state index in [2.05, 4.69) is 46.1 Å². The predicted octanol–water partition coefficient (Wildman–Crippen LogP) is 4.56. The van der Waals surface area contributed by atoms with Gasteiger partial charge in [-0.2, -0.15) is 0 Å². The Morgan fingerprint density at radius 2 is 1.70 bits per heavy atom. The second-order valence-corrected chi connectivity index (χ2v) is 7.08. The smallest absolute Gasteiger partial charge is 0.274 e. The fourth-order valence-corrected chi connectivity index (χ4v) is 3.54. The van der Waals surface area contributed by atoms with Gasteiger partial charge in [-0.05, 0) is 62.1 Å². The maximum Gasteiger partial charge on any atom is 0.274 e. The lowest BCUT2D eigenvalue weighted by atomic mass is 10.2. The van der Waals surface area contributed by atoms with E-state index in [4.69, 9.17) is 0 Å². The van der Waals surface area contributed by atoms with E-state index in [0.29, 0.717) is 5.69 Å². The Kier molecular flexibility index (Phi) is 6.69. The van der Waals surface area contributed by atoms with E-state index in [9.17, 15) is 4.79 Å². The number of amides is 1. The number of carbonyl (C=O) groups is 1. The van der Waals surface area contributed by atoms with Crippen LogP contribution in [-0.4, -0.2) is 37.1 Å². The van der Waals surface area contributed by atoms with Gasteiger partial charge in [0.25, 0.3) is 5.91 Å². The first kappa shape index (κ1) is 19.2. The minimum atomic E-state index is -0.173. The van der Waals surface area contributed by atoms with Crippen molar-refractivity contribution in [3.05, 3.63) is 48.3 Å². The van der Waals surface area contributed by atoms with Gasteiger partial charge in [0.2, 0.25) is 0 Å². The van der Waals surface area contributed by atoms with Crippen LogP contribution in [0.15, 0.2) is 42.6 Å². The summed E-state index contributed by atoms with van der Waals surface area (Å²) in [5.41, 5.74) is 3.54. The summed E-state index contributed by atoms with van der Waals surface area (Å²) in [7, 11) is 0. The fraction of sp³-hybridized carbons (Fsp3) is 0.455. The molecule has 27 heavy (non-hydrogen) atoms. The van der Waals surface area contributed by atoms with Crippen LogP contribution in [0.4, 0.5) is 17.1 Å². The SMILES string of the molecule is CCCN(CCC)c1ccc(C(=O)Nc2ccc(N3CCCC3)cc2)nc1. The lowest BCUT2D eigenvalue weighted by Crippen LogP contribution is -2.25. The Bertz CT molecular complexity index is 715. The zero-order valence-electron chi connectivity index (χ0n) is 16.4. The zero-order valence-corrected chi connectivity index (χ0v) is 16.4. The Morgan fingerprint density at radius 1 is 1.04 bits per heavy atom. The third kappa shape index (κ3) is 5.00. The molecule has 2 aromatic rings. The van der Waals surface area contributed by atoms with E-state index in [-0.39, 0.29) is 5.91 Å². The molecule has 0 bridgehead atoms. The molecule has 1 aliphatic heterocycles. The second kappa shape index (κ2) is 9.40. The van der Waals surface area contributed by atoms with E-state index in [0.717, 1.165) is 50.4 Å². The molecule has 5 nitrogen and oxygen atoms in total. The van der Waals surface area contributed by atoms with E-state index in [1.807, 2.05) is 24.3 Å². The van der Waals surface area contributed by atoms with Crippen LogP contribution in [0.2, 0.25) is 0 Å². The molecule has 5 heteroatoms. The molecule has 0 saturated carbocycles. The fourth-order valence-electron chi connectivity index (χ4n) is 3.54. The van der Waals surface area contributed by atoms with Gasteiger partial charge in [-0.3, -0.25) is 4.79 Å². The van der Waals surface area contributed by atoms with Gasteiger partial charge in [-0.1, -0.05) is 13.8 Å². The normalized spacial score (nSPS) is 13.6. The molecular weight excluding hydrogens is 336 g/mol. The molecule has 3 rings (SSSR count). The second-order valence-electron chi connectivity index (χ2n) is 7.08. The lowest BCUT2D eigenvalue weighted by Gasteiger charge is -2.23. The van der Waals surface area contributed by atoms with Crippen LogP contribution < -0.4 is 15.1 Å². The molecule has 2 heterocycles. The first-order valence-corrected chi connectivity index (χ1v) is 10.1. The van der Waals surface area contributed by atoms with Gasteiger partial charge in [0.05, 0.1) is 11.9 Å². The van der Waals surface area contributed by atoms with Crippen molar-refractivity contribution in [1.82, 2.24) is 4.98 Å². The number of aromatic nitrogens is 1. The van der Waals surface area contributed by atoms with Crippen molar-refractivity contribution >= 4 is 23.0 Å². The molecule has 1 aromatic heterocycles. The number of hydrogen-bond acceptors (Lipinski definition) is 4. The molecule has 0 radical (unpaired) electrons. The van der Waals surface area contributed by atoms with Crippen LogP contribution in [0, 0.1) is 0 Å². The summed E-state index contributed by atoms with van der Waals surface area (Å²) in [6.45, 7) is 8.60. The molecule has 1 saturated heterocycles. The van der Waals surface area contributed by atoms with Crippen molar-refractivity contribution in [3.63, 3.8) is 0 Å². The maximum absolute atomic E-state index is 12.5. The third-order valence-corrected chi connectivity index (χ3v) is 4.93. The van der Waals surface area contributed by atoms with Crippen LogP contribution in [0.5, 0.6) is 0 Å². The van der Waals surface area contributed by atoms with Gasteiger partial charge < -0.3 is 15.1 Å². The Balaban J connectivity index is 1.62. The Hall–Kier alpha value is -2.56. The summed E-state index contributed by atoms with van der Waals surface area (Å²) in [4.78, 5) is 21.6. The summed E-state index contributed by atoms with van der Waals surface area (Å²) in [6.07, 6.45) is 6.50. The van der Waals surface area contributed by atoms with E-state index < -0.39 is 0 Å². The number of hydrogen-bond donors (Lipinski definition) is 1. The molecule has 1 fully saturated rings. The van der Waals surface area contributed by atoms with Crippen LogP contribution in [0.25, 0.3) is 0 Å². The van der Waals surface area contributed by atoms with Gasteiger partial charge in [0.1, 0.15) is 5.69 Å². The number of nitrogens with zero attached hydrogens (tertiary/aromatic N) is 3. The summed E-state index contributed by atoms with van der Waals surface area (Å²) >= 11 is 0. The van der Waals surface area contributed by atoms with Crippen molar-refractivity contribution in [1.29, 1.82) is 0 Å². The maximum atomic E-state index is 12.5. The van der Waals surface area contributed by atoms with Crippen molar-refractivity contribution in [2.75, 3.05) is 41.3 Å². The molecule has 1 amide bonds. The van der Waals surface area contributed by atoms with Gasteiger partial charge in [-0.25, -0.2) is 4.98 Å². The average Bonchev–Trinajstić information content (AvgIpc) is 3.23. The molecular formula is C22H30N4O. The van der Waals surface area contributed by atoms with Crippen molar-refractivity contribution in [2.24, 2.45) is 0 Å². The molecule has 1 N–H and O–H groups in total. The Labute approximate surface area is 162 Å². The quantitative estimate of drug-likeness (QED) is 0.744. The summed E-state index contributed by atoms with van der Waals surface area (Å²) in [5, 5.41) is 2.94. The number of nitrogens with one attached hydrogen (secondary N) is 1. The largest absolute Gasteiger partial charge is 0.372 e. The standard InChI is InChI=1S/C22H30N4O/c1-3-13-25(14-4-2)20-11-12-21(23-17-20)22(27)24-18-7-9-19(10-8-18)26-15-5-6-16-26/h7-12,17H,3-6,13-16H2,1-2H3,(H,24,27). The van der Waals surface area contributed by atoms with Gasteiger partial charge in [0, 0.05) is 37.6 Å². The number of pyridine rings is 1. The van der Waals surface area contributed by atoms with Gasteiger partial charge in [0.15, 0.2) is 0 Å². The lowest BCUT2D eigenvalue weighted by molar-refractivity contribution is 0.102. The molecule has 1 aromatic carbocycles. The monoisotopic (exact) mass is 366 g/mol. The number of rotatable bonds is 8. The van der Waals surface area contributed by atoms with Crippen molar-refractivity contribution < 1.29 is 4.79 Å². The third-order valence-electron chi connectivity index (χ3n) is 4.93. The number of benzene rings is 1. The summed E-state index contributed by atoms with van der Waals surface area (Å²) < 4.78 is 0. The van der Waals surface area contributed by atoms with Crippen LogP contribution in [-0.2, 0) is 0 Å². The highest BCUT2D eigenvalue weighted by Gasteiger charge is 2.13. The van der Waals surface area contributed by atoms with Crippen LogP contribution in [0.1, 0.15) is 50.0 Å². The molecule has 144 valence electrons. The average molecular weight is 367 g/mol. The van der Waals surface area contributed by atoms with Crippen molar-refractivity contribution in [2.45, 2.75) is 39.5 Å². The number of carbonyl (C=O) groups excluding carboxylic acids is 1. The highest BCUT2D eigenvalue weighted by atomic mass is 16.1. The first-order valence-electron chi connectivity index (χ1n) is 10.1. The highest BCUT2D eigenvalue weighted by Crippen LogP contribution is 2.22. The Morgan fingerprint density at radius 3 is 2.26 bits per heavy atom. The van der Waals surface area contributed by atoms with E-state index in [1.54, 1.807) is 6.20 Å². The van der Waals surface area contributed by atoms with Crippen LogP contribution in [0.3, 0.4) is 0 Å². The van der Waals surface area contributed by atoms with Gasteiger partial charge >= 0.3 is 0 Å². The number of anilines is 3. The molecule has 0 aliphatic carbocycles.